The van der Waals surface area contributed by atoms with E-state index < -0.39 is 0 Å². The third-order valence-corrected chi connectivity index (χ3v) is 5.40. The third-order valence-electron chi connectivity index (χ3n) is 5.40. The first kappa shape index (κ1) is 16.4. The second-order valence-electron chi connectivity index (χ2n) is 7.03. The van der Waals surface area contributed by atoms with E-state index in [1.165, 1.54) is 5.56 Å². The minimum atomic E-state index is -0.0827. The Bertz CT molecular complexity index is 1030. The molecule has 1 aromatic carbocycles. The van der Waals surface area contributed by atoms with Crippen LogP contribution in [0.25, 0.3) is 5.65 Å². The Labute approximate surface area is 156 Å². The number of ether oxygens (including phenoxy) is 2. The fourth-order valence-electron chi connectivity index (χ4n) is 4.08. The van der Waals surface area contributed by atoms with E-state index in [0.717, 1.165) is 37.4 Å². The van der Waals surface area contributed by atoms with Crippen molar-refractivity contribution in [2.45, 2.75) is 25.4 Å². The smallest absolute Gasteiger partial charge is 0.350 e. The summed E-state index contributed by atoms with van der Waals surface area (Å²) in [7, 11) is 0. The lowest BCUT2D eigenvalue weighted by molar-refractivity contribution is 0.170. The van der Waals surface area contributed by atoms with Crippen molar-refractivity contribution in [2.24, 2.45) is 0 Å². The standard InChI is InChI=1S/C20H22N4O3/c25-20-23-9-2-1-5-19(23)21-24(20)11-10-22-8-3-4-16(22)15-6-7-17-18(14-15)27-13-12-26-17/h1-2,5-7,9,14,16H,3-4,8,10-13H2/t16-/m0/s1. The van der Waals surface area contributed by atoms with Gasteiger partial charge in [0.05, 0.1) is 6.54 Å². The lowest BCUT2D eigenvalue weighted by Crippen LogP contribution is -2.31. The van der Waals surface area contributed by atoms with Gasteiger partial charge in [-0.3, -0.25) is 9.30 Å². The van der Waals surface area contributed by atoms with Gasteiger partial charge < -0.3 is 9.47 Å². The highest BCUT2D eigenvalue weighted by Gasteiger charge is 2.27. The van der Waals surface area contributed by atoms with Crippen LogP contribution in [0.5, 0.6) is 11.5 Å². The monoisotopic (exact) mass is 366 g/mol. The van der Waals surface area contributed by atoms with Gasteiger partial charge in [-0.05, 0) is 49.2 Å². The zero-order valence-corrected chi connectivity index (χ0v) is 15.1. The van der Waals surface area contributed by atoms with Crippen LogP contribution < -0.4 is 15.2 Å². The molecule has 0 unspecified atom stereocenters. The summed E-state index contributed by atoms with van der Waals surface area (Å²) < 4.78 is 14.5. The van der Waals surface area contributed by atoms with Gasteiger partial charge in [0, 0.05) is 18.8 Å². The molecule has 2 aromatic heterocycles. The van der Waals surface area contributed by atoms with Crippen LogP contribution in [0.15, 0.2) is 47.4 Å². The Balaban J connectivity index is 1.34. The maximum atomic E-state index is 12.5. The SMILES string of the molecule is O=c1n(CCN2CCC[C@H]2c2ccc3c(c2)OCCO3)nc2ccccn12. The van der Waals surface area contributed by atoms with E-state index in [1.807, 2.05) is 24.3 Å². The first-order valence-corrected chi connectivity index (χ1v) is 9.47. The number of hydrogen-bond donors (Lipinski definition) is 0. The van der Waals surface area contributed by atoms with Crippen molar-refractivity contribution in [2.75, 3.05) is 26.3 Å². The molecule has 27 heavy (non-hydrogen) atoms. The van der Waals surface area contributed by atoms with E-state index in [1.54, 1.807) is 15.3 Å². The van der Waals surface area contributed by atoms with Gasteiger partial charge in [0.15, 0.2) is 17.1 Å². The molecule has 1 fully saturated rings. The van der Waals surface area contributed by atoms with Crippen molar-refractivity contribution >= 4 is 5.65 Å². The van der Waals surface area contributed by atoms with Crippen LogP contribution in [0.2, 0.25) is 0 Å². The van der Waals surface area contributed by atoms with Crippen LogP contribution in [0.4, 0.5) is 0 Å². The molecule has 0 radical (unpaired) electrons. The van der Waals surface area contributed by atoms with Crippen LogP contribution >= 0.6 is 0 Å². The molecule has 2 aliphatic rings. The molecule has 0 amide bonds. The molecule has 0 bridgehead atoms. The van der Waals surface area contributed by atoms with Gasteiger partial charge in [0.1, 0.15) is 13.2 Å². The number of nitrogens with zero attached hydrogens (tertiary/aromatic N) is 4. The molecule has 3 aromatic rings. The van der Waals surface area contributed by atoms with Gasteiger partial charge in [-0.25, -0.2) is 9.48 Å². The average Bonchev–Trinajstić information content (AvgIpc) is 3.31. The number of likely N-dealkylation sites (tertiary alicyclic amines) is 1. The Morgan fingerprint density at radius 3 is 2.85 bits per heavy atom. The second kappa shape index (κ2) is 6.74. The number of benzene rings is 1. The highest BCUT2D eigenvalue weighted by molar-refractivity contribution is 5.44. The molecule has 2 aliphatic heterocycles. The van der Waals surface area contributed by atoms with Crippen LogP contribution in [0, 0.1) is 0 Å². The number of pyridine rings is 1. The summed E-state index contributed by atoms with van der Waals surface area (Å²) in [6.45, 7) is 3.61. The Hall–Kier alpha value is -2.80. The number of rotatable bonds is 4. The van der Waals surface area contributed by atoms with Gasteiger partial charge in [0.25, 0.3) is 0 Å². The maximum Gasteiger partial charge on any atom is 0.350 e. The molecule has 4 heterocycles. The normalized spacial score (nSPS) is 19.6. The predicted octanol–water partition coefficient (Wildman–Crippen LogP) is 2.10. The summed E-state index contributed by atoms with van der Waals surface area (Å²) in [5.74, 6) is 1.66. The van der Waals surface area contributed by atoms with E-state index in [4.69, 9.17) is 9.47 Å². The maximum absolute atomic E-state index is 12.5. The average molecular weight is 366 g/mol. The molecule has 0 saturated carbocycles. The summed E-state index contributed by atoms with van der Waals surface area (Å²) in [4.78, 5) is 14.9. The fourth-order valence-corrected chi connectivity index (χ4v) is 4.08. The summed E-state index contributed by atoms with van der Waals surface area (Å²) in [6.07, 6.45) is 4.02. The number of aromatic nitrogens is 3. The summed E-state index contributed by atoms with van der Waals surface area (Å²) in [5.41, 5.74) is 1.85. The Morgan fingerprint density at radius 1 is 1.07 bits per heavy atom. The highest BCUT2D eigenvalue weighted by Crippen LogP contribution is 2.37. The molecule has 1 atom stereocenters. The highest BCUT2D eigenvalue weighted by atomic mass is 16.6. The molecule has 0 spiro atoms. The van der Waals surface area contributed by atoms with E-state index >= 15 is 0 Å². The van der Waals surface area contributed by atoms with E-state index in [0.29, 0.717) is 31.4 Å². The lowest BCUT2D eigenvalue weighted by atomic mass is 10.0. The lowest BCUT2D eigenvalue weighted by Gasteiger charge is -2.26. The van der Waals surface area contributed by atoms with Gasteiger partial charge >= 0.3 is 5.69 Å². The fraction of sp³-hybridized carbons (Fsp3) is 0.400. The first-order valence-electron chi connectivity index (χ1n) is 9.47. The van der Waals surface area contributed by atoms with Gasteiger partial charge in [-0.15, -0.1) is 5.10 Å². The molecule has 7 heteroatoms. The van der Waals surface area contributed by atoms with Crippen molar-refractivity contribution in [1.82, 2.24) is 19.1 Å². The molecule has 5 rings (SSSR count). The minimum absolute atomic E-state index is 0.0827. The second-order valence-corrected chi connectivity index (χ2v) is 7.03. The van der Waals surface area contributed by atoms with Gasteiger partial charge in [-0.2, -0.15) is 0 Å². The van der Waals surface area contributed by atoms with Crippen LogP contribution in [-0.2, 0) is 6.54 Å². The van der Waals surface area contributed by atoms with E-state index in [9.17, 15) is 4.79 Å². The molecule has 7 nitrogen and oxygen atoms in total. The minimum Gasteiger partial charge on any atom is -0.486 e. The molecular weight excluding hydrogens is 344 g/mol. The predicted molar refractivity (Wildman–Crippen MR) is 100 cm³/mol. The zero-order valence-electron chi connectivity index (χ0n) is 15.1. The van der Waals surface area contributed by atoms with Gasteiger partial charge in [0.2, 0.25) is 0 Å². The van der Waals surface area contributed by atoms with Crippen molar-refractivity contribution in [1.29, 1.82) is 0 Å². The third kappa shape index (κ3) is 2.98. The number of hydrogen-bond acceptors (Lipinski definition) is 5. The topological polar surface area (TPSA) is 61.0 Å². The Kier molecular flexibility index (Phi) is 4.09. The van der Waals surface area contributed by atoms with Crippen LogP contribution in [0.3, 0.4) is 0 Å². The largest absolute Gasteiger partial charge is 0.486 e. The first-order chi connectivity index (χ1) is 13.3. The quantitative estimate of drug-likeness (QED) is 0.708. The van der Waals surface area contributed by atoms with Crippen LogP contribution in [0.1, 0.15) is 24.4 Å². The molecule has 1 saturated heterocycles. The summed E-state index contributed by atoms with van der Waals surface area (Å²) >= 11 is 0. The Morgan fingerprint density at radius 2 is 1.96 bits per heavy atom. The summed E-state index contributed by atoms with van der Waals surface area (Å²) in [6, 6.07) is 12.2. The zero-order chi connectivity index (χ0) is 18.2. The molecule has 140 valence electrons. The van der Waals surface area contributed by atoms with E-state index in [2.05, 4.69) is 22.1 Å². The van der Waals surface area contributed by atoms with Crippen molar-refractivity contribution in [3.05, 3.63) is 58.6 Å². The van der Waals surface area contributed by atoms with Gasteiger partial charge in [-0.1, -0.05) is 12.1 Å². The van der Waals surface area contributed by atoms with E-state index in [-0.39, 0.29) is 5.69 Å². The molecule has 0 N–H and O–H groups in total. The van der Waals surface area contributed by atoms with Crippen molar-refractivity contribution in [3.63, 3.8) is 0 Å². The summed E-state index contributed by atoms with van der Waals surface area (Å²) in [5, 5.41) is 4.43. The van der Waals surface area contributed by atoms with Crippen molar-refractivity contribution < 1.29 is 9.47 Å². The number of fused-ring (bicyclic) bond motifs is 2. The molecule has 0 aliphatic carbocycles. The van der Waals surface area contributed by atoms with Crippen LogP contribution in [-0.4, -0.2) is 45.4 Å². The molecular formula is C20H22N4O3. The van der Waals surface area contributed by atoms with Crippen molar-refractivity contribution in [3.8, 4) is 11.5 Å².